The van der Waals surface area contributed by atoms with Crippen molar-refractivity contribution in [3.63, 3.8) is 0 Å². The summed E-state index contributed by atoms with van der Waals surface area (Å²) in [7, 11) is 1.60. The van der Waals surface area contributed by atoms with Crippen LogP contribution in [0.15, 0.2) is 47.6 Å². The number of hydrogen-bond donors (Lipinski definition) is 4. The van der Waals surface area contributed by atoms with Crippen molar-refractivity contribution in [2.75, 3.05) is 7.11 Å². The van der Waals surface area contributed by atoms with Gasteiger partial charge in [-0.25, -0.2) is 0 Å². The molecule has 2 aromatic carbocycles. The minimum absolute atomic E-state index is 0.0681. The Morgan fingerprint density at radius 2 is 1.52 bits per heavy atom. The lowest BCUT2D eigenvalue weighted by Gasteiger charge is -2.41. The first-order valence-corrected chi connectivity index (χ1v) is 14.7. The van der Waals surface area contributed by atoms with E-state index in [0.717, 1.165) is 30.4 Å². The number of aromatic hydroxyl groups is 2. The number of aliphatic hydroxyl groups is 2. The molecule has 4 N–H and O–H groups in total. The summed E-state index contributed by atoms with van der Waals surface area (Å²) in [5.74, 6) is 1.58. The van der Waals surface area contributed by atoms with Crippen LogP contribution in [0.5, 0.6) is 23.0 Å². The Hall–Kier alpha value is -3.66. The fourth-order valence-electron chi connectivity index (χ4n) is 5.34. The zero-order chi connectivity index (χ0) is 31.4. The molecule has 3 unspecified atom stereocenters. The van der Waals surface area contributed by atoms with Crippen LogP contribution in [0, 0.1) is 18.8 Å². The van der Waals surface area contributed by atoms with Gasteiger partial charge < -0.3 is 29.9 Å². The average molecular weight is 577 g/mol. The molecule has 1 saturated carbocycles. The number of methoxy groups -OCH3 is 1. The molecule has 0 aromatic heterocycles. The number of rotatable bonds is 8. The monoisotopic (exact) mass is 576 g/mol. The van der Waals surface area contributed by atoms with Gasteiger partial charge in [-0.3, -0.25) is 0 Å². The van der Waals surface area contributed by atoms with Crippen LogP contribution in [0.2, 0.25) is 0 Å². The van der Waals surface area contributed by atoms with Crippen LogP contribution in [-0.2, 0) is 12.8 Å². The van der Waals surface area contributed by atoms with Crippen LogP contribution >= 0.6 is 0 Å². The van der Waals surface area contributed by atoms with Crippen LogP contribution in [0.3, 0.4) is 0 Å². The van der Waals surface area contributed by atoms with Crippen LogP contribution in [0.25, 0.3) is 12.2 Å². The van der Waals surface area contributed by atoms with E-state index >= 15 is 0 Å². The third-order valence-corrected chi connectivity index (χ3v) is 7.55. The normalized spacial score (nSPS) is 21.0. The highest BCUT2D eigenvalue weighted by Crippen LogP contribution is 2.44. The van der Waals surface area contributed by atoms with Crippen molar-refractivity contribution in [3.8, 4) is 35.8 Å². The Kier molecular flexibility index (Phi) is 13.7. The van der Waals surface area contributed by atoms with Gasteiger partial charge in [0.05, 0.1) is 19.3 Å². The van der Waals surface area contributed by atoms with E-state index in [1.54, 1.807) is 19.2 Å². The molecule has 2 aliphatic rings. The quantitative estimate of drug-likeness (QED) is 0.150. The molecule has 4 rings (SSSR count). The first kappa shape index (κ1) is 34.5. The lowest BCUT2D eigenvalue weighted by Crippen LogP contribution is -2.46. The van der Waals surface area contributed by atoms with Crippen molar-refractivity contribution in [3.05, 3.63) is 69.8 Å². The van der Waals surface area contributed by atoms with Gasteiger partial charge in [-0.15, -0.1) is 12.8 Å². The van der Waals surface area contributed by atoms with E-state index in [2.05, 4.69) is 45.8 Å². The molecular weight excluding hydrogens is 528 g/mol. The van der Waals surface area contributed by atoms with E-state index in [1.165, 1.54) is 11.1 Å². The molecule has 1 aliphatic carbocycles. The van der Waals surface area contributed by atoms with Crippen molar-refractivity contribution in [2.24, 2.45) is 5.92 Å². The molecule has 42 heavy (non-hydrogen) atoms. The highest BCUT2D eigenvalue weighted by molar-refractivity contribution is 5.73. The highest BCUT2D eigenvalue weighted by atomic mass is 16.5. The summed E-state index contributed by atoms with van der Waals surface area (Å²) < 4.78 is 11.8. The van der Waals surface area contributed by atoms with Gasteiger partial charge in [-0.1, -0.05) is 49.3 Å². The molecule has 0 saturated heterocycles. The molecule has 1 fully saturated rings. The van der Waals surface area contributed by atoms with E-state index < -0.39 is 12.2 Å². The minimum atomic E-state index is -0.766. The number of ether oxygens (including phenoxy) is 2. The van der Waals surface area contributed by atoms with Crippen molar-refractivity contribution in [2.45, 2.75) is 91.5 Å². The number of benzene rings is 2. The Morgan fingerprint density at radius 1 is 0.929 bits per heavy atom. The van der Waals surface area contributed by atoms with Gasteiger partial charge in [0.1, 0.15) is 17.6 Å². The van der Waals surface area contributed by atoms with Crippen LogP contribution < -0.4 is 9.47 Å². The zero-order valence-electron chi connectivity index (χ0n) is 25.9. The molecular formula is C36H48O6. The predicted molar refractivity (Wildman–Crippen MR) is 172 cm³/mol. The van der Waals surface area contributed by atoms with Crippen LogP contribution in [-0.4, -0.2) is 45.8 Å². The number of phenols is 2. The third-order valence-electron chi connectivity index (χ3n) is 7.55. The predicted octanol–water partition coefficient (Wildman–Crippen LogP) is 7.22. The van der Waals surface area contributed by atoms with Crippen molar-refractivity contribution >= 4 is 12.2 Å². The second kappa shape index (κ2) is 16.7. The average Bonchev–Trinajstić information content (AvgIpc) is 2.97. The standard InChI is InChI=1S/C32H40O6.C2H6.C2H2/c1-19(2)6-5-7-20(3)8-11-25-26(33)13-22(14-27(25)34)10-9-21-12-24-16-23-17-28(35)29(36)18-30(23)38-32(24)31(15-21)37-4;2*1-2/h6,8-10,12-15,23,28-30,33-36H,5,7,11,16-18H2,1-4H3;1-2H3;1-2H/b10-9+,20-8+;;/t23-,28?,29?,30?;;/m1../s1. The van der Waals surface area contributed by atoms with Gasteiger partial charge in [0.15, 0.2) is 11.5 Å². The van der Waals surface area contributed by atoms with Gasteiger partial charge in [-0.2, -0.15) is 0 Å². The van der Waals surface area contributed by atoms with Gasteiger partial charge in [-0.05, 0) is 93.8 Å². The first-order chi connectivity index (χ1) is 20.1. The molecule has 2 aromatic rings. The fraction of sp³-hybridized carbons (Fsp3) is 0.444. The van der Waals surface area contributed by atoms with E-state index in [1.807, 2.05) is 38.1 Å². The largest absolute Gasteiger partial charge is 0.507 e. The van der Waals surface area contributed by atoms with Gasteiger partial charge in [0.2, 0.25) is 0 Å². The maximum Gasteiger partial charge on any atom is 0.164 e. The van der Waals surface area contributed by atoms with Crippen LogP contribution in [0.4, 0.5) is 0 Å². The zero-order valence-corrected chi connectivity index (χ0v) is 25.9. The third kappa shape index (κ3) is 9.17. The molecule has 1 heterocycles. The van der Waals surface area contributed by atoms with Crippen molar-refractivity contribution in [1.29, 1.82) is 0 Å². The summed E-state index contributed by atoms with van der Waals surface area (Å²) in [6.07, 6.45) is 18.4. The molecule has 0 bridgehead atoms. The van der Waals surface area contributed by atoms with E-state index in [-0.39, 0.29) is 23.5 Å². The Bertz CT molecular complexity index is 1260. The summed E-state index contributed by atoms with van der Waals surface area (Å²) in [5, 5.41) is 41.4. The number of hydrogen-bond acceptors (Lipinski definition) is 6. The molecule has 4 atom stereocenters. The number of terminal acetylenes is 1. The fourth-order valence-corrected chi connectivity index (χ4v) is 5.34. The summed E-state index contributed by atoms with van der Waals surface area (Å²) in [6, 6.07) is 7.26. The van der Waals surface area contributed by atoms with E-state index in [9.17, 15) is 20.4 Å². The number of aliphatic hydroxyl groups excluding tert-OH is 2. The molecule has 6 nitrogen and oxygen atoms in total. The summed E-state index contributed by atoms with van der Waals surface area (Å²) in [5.41, 5.74) is 5.63. The second-order valence-corrected chi connectivity index (χ2v) is 10.9. The van der Waals surface area contributed by atoms with Gasteiger partial charge in [0.25, 0.3) is 0 Å². The number of fused-ring (bicyclic) bond motifs is 2. The Morgan fingerprint density at radius 3 is 2.12 bits per heavy atom. The van der Waals surface area contributed by atoms with Gasteiger partial charge >= 0.3 is 0 Å². The topological polar surface area (TPSA) is 99.4 Å². The van der Waals surface area contributed by atoms with E-state index in [4.69, 9.17) is 9.47 Å². The van der Waals surface area contributed by atoms with Crippen molar-refractivity contribution < 1.29 is 29.9 Å². The molecule has 0 amide bonds. The molecule has 1 aliphatic heterocycles. The Balaban J connectivity index is 0.00000148. The first-order valence-electron chi connectivity index (χ1n) is 14.7. The maximum atomic E-state index is 10.6. The second-order valence-electron chi connectivity index (χ2n) is 10.9. The summed E-state index contributed by atoms with van der Waals surface area (Å²) in [6.45, 7) is 10.2. The van der Waals surface area contributed by atoms with Crippen LogP contribution in [0.1, 0.15) is 82.6 Å². The maximum absolute atomic E-state index is 10.6. The highest BCUT2D eigenvalue weighted by Gasteiger charge is 2.40. The molecule has 0 spiro atoms. The minimum Gasteiger partial charge on any atom is -0.507 e. The lowest BCUT2D eigenvalue weighted by atomic mass is 9.77. The lowest BCUT2D eigenvalue weighted by molar-refractivity contribution is -0.0746. The molecule has 6 heteroatoms. The number of allylic oxidation sites excluding steroid dienone is 4. The summed E-state index contributed by atoms with van der Waals surface area (Å²) >= 11 is 0. The van der Waals surface area contributed by atoms with Crippen molar-refractivity contribution in [1.82, 2.24) is 0 Å². The molecule has 228 valence electrons. The van der Waals surface area contributed by atoms with E-state index in [0.29, 0.717) is 41.9 Å². The summed E-state index contributed by atoms with van der Waals surface area (Å²) in [4.78, 5) is 0. The van der Waals surface area contributed by atoms with Gasteiger partial charge in [0, 0.05) is 17.9 Å². The molecule has 0 radical (unpaired) electrons. The smallest absolute Gasteiger partial charge is 0.164 e. The Labute approximate surface area is 252 Å². The SMILES string of the molecule is C#C.CC.COc1cc(/C=C/c2cc(O)c(C/C=C(\C)CCC=C(C)C)c(O)c2)cc2c1OC1CC(O)C(O)C[C@H]1C2. The number of phenolic OH excluding ortho intramolecular Hbond substituents is 2.